The van der Waals surface area contributed by atoms with Crippen LogP contribution in [0.2, 0.25) is 0 Å². The molecule has 0 amide bonds. The Balaban J connectivity index is 1.40. The molecule has 32 heavy (non-hydrogen) atoms. The lowest BCUT2D eigenvalue weighted by Gasteiger charge is -2.32. The molecule has 2 aliphatic carbocycles. The van der Waals surface area contributed by atoms with Gasteiger partial charge in [0.15, 0.2) is 0 Å². The average molecular weight is 485 g/mol. The standard InChI is InChI=1S/C21H29ClN4O5S/c1-32(28,29)26-15-6-8-21(10-15,20-24-16(11-22)12-30-20)13-31-17-4-2-14(3-5-17)19-23-9-7-18(27)25-19/h7,9,12,14-15,17,26H,2-6,8,10-11,13H2,1H3,(H,23,25,27)/t14-,15-,17+,21-/m0/s1. The zero-order valence-electron chi connectivity index (χ0n) is 18.0. The third kappa shape index (κ3) is 5.59. The summed E-state index contributed by atoms with van der Waals surface area (Å²) < 4.78 is 38.3. The van der Waals surface area contributed by atoms with Gasteiger partial charge in [-0.05, 0) is 44.9 Å². The fourth-order valence-corrected chi connectivity index (χ4v) is 5.78. The van der Waals surface area contributed by atoms with Crippen molar-refractivity contribution in [3.63, 3.8) is 0 Å². The number of aromatic nitrogens is 3. The van der Waals surface area contributed by atoms with Crippen LogP contribution in [0, 0.1) is 0 Å². The molecule has 4 rings (SSSR count). The molecule has 2 N–H and O–H groups in total. The van der Waals surface area contributed by atoms with Crippen molar-refractivity contribution < 1.29 is 22.7 Å². The second-order valence-electron chi connectivity index (χ2n) is 8.95. The molecule has 0 aromatic carbocycles. The maximum absolute atomic E-state index is 11.7. The highest BCUT2D eigenvalue weighted by Crippen LogP contribution is 2.42. The first-order chi connectivity index (χ1) is 15.3. The Hall–Kier alpha value is -1.75. The van der Waals surface area contributed by atoms with Gasteiger partial charge < -0.3 is 14.3 Å². The van der Waals surface area contributed by atoms with Gasteiger partial charge in [-0.15, -0.1) is 11.6 Å². The van der Waals surface area contributed by atoms with Crippen LogP contribution in [0.25, 0.3) is 0 Å². The summed E-state index contributed by atoms with van der Waals surface area (Å²) in [5.74, 6) is 1.71. The van der Waals surface area contributed by atoms with Crippen LogP contribution in [0.5, 0.6) is 5.88 Å². The lowest BCUT2D eigenvalue weighted by molar-refractivity contribution is -0.0104. The molecule has 176 valence electrons. The number of aromatic hydroxyl groups is 1. The van der Waals surface area contributed by atoms with Gasteiger partial charge in [-0.25, -0.2) is 23.1 Å². The number of alkyl halides is 1. The number of ether oxygens (including phenoxy) is 1. The molecular weight excluding hydrogens is 456 g/mol. The average Bonchev–Trinajstić information content (AvgIpc) is 3.39. The van der Waals surface area contributed by atoms with Gasteiger partial charge in [-0.2, -0.15) is 4.98 Å². The number of nitrogens with one attached hydrogen (secondary N) is 1. The highest BCUT2D eigenvalue weighted by Gasteiger charge is 2.46. The summed E-state index contributed by atoms with van der Waals surface area (Å²) in [5.41, 5.74) is 0.171. The van der Waals surface area contributed by atoms with Crippen molar-refractivity contribution in [2.45, 2.75) is 74.3 Å². The second-order valence-corrected chi connectivity index (χ2v) is 11.0. The van der Waals surface area contributed by atoms with Crippen molar-refractivity contribution in [2.75, 3.05) is 12.9 Å². The van der Waals surface area contributed by atoms with Gasteiger partial charge >= 0.3 is 0 Å². The lowest BCUT2D eigenvalue weighted by Crippen LogP contribution is -2.37. The highest BCUT2D eigenvalue weighted by atomic mass is 35.5. The van der Waals surface area contributed by atoms with E-state index in [1.54, 1.807) is 12.5 Å². The molecule has 2 aromatic rings. The molecule has 2 aliphatic rings. The topological polar surface area (TPSA) is 127 Å². The SMILES string of the molecule is CS(=O)(=O)N[C@H]1CC[C@](CO[C@H]2CC[C@@H](c3nccc(O)n3)CC2)(c2nc(CCl)co2)C1. The first kappa shape index (κ1) is 23.4. The summed E-state index contributed by atoms with van der Waals surface area (Å²) in [6.07, 6.45) is 9.87. The first-order valence-corrected chi connectivity index (χ1v) is 13.3. The van der Waals surface area contributed by atoms with E-state index in [9.17, 15) is 13.5 Å². The Kier molecular flexibility index (Phi) is 7.04. The van der Waals surface area contributed by atoms with Crippen molar-refractivity contribution in [3.05, 3.63) is 35.9 Å². The molecule has 0 saturated heterocycles. The van der Waals surface area contributed by atoms with Crippen molar-refractivity contribution in [3.8, 4) is 5.88 Å². The normalized spacial score (nSPS) is 28.8. The monoisotopic (exact) mass is 484 g/mol. The van der Waals surface area contributed by atoms with Gasteiger partial charge in [-0.1, -0.05) is 0 Å². The number of rotatable bonds is 8. The number of nitrogens with zero attached hydrogens (tertiary/aromatic N) is 3. The second kappa shape index (κ2) is 9.62. The molecule has 0 spiro atoms. The summed E-state index contributed by atoms with van der Waals surface area (Å²) in [6, 6.07) is 1.29. The Morgan fingerprint density at radius 1 is 1.28 bits per heavy atom. The molecule has 0 aliphatic heterocycles. The Morgan fingerprint density at radius 3 is 2.72 bits per heavy atom. The molecule has 0 radical (unpaired) electrons. The van der Waals surface area contributed by atoms with Crippen molar-refractivity contribution >= 4 is 21.6 Å². The van der Waals surface area contributed by atoms with Gasteiger partial charge in [-0.3, -0.25) is 0 Å². The molecule has 0 bridgehead atoms. The van der Waals surface area contributed by atoms with Crippen LogP contribution >= 0.6 is 11.6 Å². The zero-order valence-corrected chi connectivity index (χ0v) is 19.6. The van der Waals surface area contributed by atoms with Crippen LogP contribution in [-0.4, -0.2) is 53.5 Å². The van der Waals surface area contributed by atoms with Crippen LogP contribution in [0.3, 0.4) is 0 Å². The van der Waals surface area contributed by atoms with Crippen molar-refractivity contribution in [1.82, 2.24) is 19.7 Å². The minimum atomic E-state index is -3.30. The van der Waals surface area contributed by atoms with Crippen LogP contribution in [-0.2, 0) is 26.1 Å². The number of halogens is 1. The fourth-order valence-electron chi connectivity index (χ4n) is 4.85. The van der Waals surface area contributed by atoms with E-state index in [4.69, 9.17) is 20.8 Å². The summed E-state index contributed by atoms with van der Waals surface area (Å²) in [5, 5.41) is 9.61. The Bertz CT molecular complexity index is 1020. The number of sulfonamides is 1. The minimum absolute atomic E-state index is 0.00364. The highest BCUT2D eigenvalue weighted by molar-refractivity contribution is 7.88. The maximum atomic E-state index is 11.7. The van der Waals surface area contributed by atoms with Crippen molar-refractivity contribution in [1.29, 1.82) is 0 Å². The Labute approximate surface area is 193 Å². The van der Waals surface area contributed by atoms with E-state index in [0.29, 0.717) is 36.9 Å². The van der Waals surface area contributed by atoms with E-state index in [0.717, 1.165) is 32.1 Å². The lowest BCUT2D eigenvalue weighted by atomic mass is 9.85. The molecule has 2 aromatic heterocycles. The smallest absolute Gasteiger partial charge is 0.214 e. The molecule has 2 atom stereocenters. The summed E-state index contributed by atoms with van der Waals surface area (Å²) in [4.78, 5) is 13.0. The van der Waals surface area contributed by atoms with Gasteiger partial charge in [0.05, 0.1) is 36.0 Å². The number of oxazole rings is 1. The molecule has 2 fully saturated rings. The van der Waals surface area contributed by atoms with Crippen molar-refractivity contribution in [2.24, 2.45) is 0 Å². The van der Waals surface area contributed by atoms with Crippen LogP contribution < -0.4 is 4.72 Å². The van der Waals surface area contributed by atoms with Crippen LogP contribution in [0.4, 0.5) is 0 Å². The quantitative estimate of drug-likeness (QED) is 0.547. The number of hydrogen-bond donors (Lipinski definition) is 2. The molecule has 2 heterocycles. The fraction of sp³-hybridized carbons (Fsp3) is 0.667. The van der Waals surface area contributed by atoms with Crippen LogP contribution in [0.1, 0.15) is 68.3 Å². The largest absolute Gasteiger partial charge is 0.493 e. The number of hydrogen-bond acceptors (Lipinski definition) is 8. The summed E-state index contributed by atoms with van der Waals surface area (Å²) in [7, 11) is -3.30. The maximum Gasteiger partial charge on any atom is 0.214 e. The van der Waals surface area contributed by atoms with Gasteiger partial charge in [0, 0.05) is 24.2 Å². The van der Waals surface area contributed by atoms with E-state index in [-0.39, 0.29) is 29.8 Å². The van der Waals surface area contributed by atoms with Gasteiger partial charge in [0.2, 0.25) is 21.8 Å². The Morgan fingerprint density at radius 2 is 2.06 bits per heavy atom. The predicted octanol–water partition coefficient (Wildman–Crippen LogP) is 2.99. The van der Waals surface area contributed by atoms with Gasteiger partial charge in [0.25, 0.3) is 0 Å². The predicted molar refractivity (Wildman–Crippen MR) is 118 cm³/mol. The minimum Gasteiger partial charge on any atom is -0.493 e. The third-order valence-electron chi connectivity index (χ3n) is 6.43. The first-order valence-electron chi connectivity index (χ1n) is 10.9. The molecule has 11 heteroatoms. The summed E-state index contributed by atoms with van der Waals surface area (Å²) >= 11 is 5.91. The molecular formula is C21H29ClN4O5S. The molecule has 2 saturated carbocycles. The zero-order chi connectivity index (χ0) is 22.8. The van der Waals surface area contributed by atoms with E-state index in [1.807, 2.05) is 0 Å². The van der Waals surface area contributed by atoms with E-state index < -0.39 is 15.4 Å². The summed E-state index contributed by atoms with van der Waals surface area (Å²) in [6.45, 7) is 0.412. The van der Waals surface area contributed by atoms with Crippen LogP contribution in [0.15, 0.2) is 22.9 Å². The third-order valence-corrected chi connectivity index (χ3v) is 7.46. The molecule has 9 nitrogen and oxygen atoms in total. The van der Waals surface area contributed by atoms with E-state index >= 15 is 0 Å². The van der Waals surface area contributed by atoms with E-state index in [1.165, 1.54) is 12.3 Å². The van der Waals surface area contributed by atoms with Gasteiger partial charge in [0.1, 0.15) is 12.1 Å². The van der Waals surface area contributed by atoms with E-state index in [2.05, 4.69) is 19.7 Å². The molecule has 0 unspecified atom stereocenters.